The maximum atomic E-state index is 12.9. The van der Waals surface area contributed by atoms with E-state index in [1.54, 1.807) is 9.47 Å². The summed E-state index contributed by atoms with van der Waals surface area (Å²) in [6.45, 7) is 1.05. The molecule has 32 heavy (non-hydrogen) atoms. The number of nitriles is 1. The number of benzene rings is 2. The van der Waals surface area contributed by atoms with Crippen LogP contribution < -0.4 is 10.4 Å². The number of aromatic nitrogens is 2. The monoisotopic (exact) mass is 453 g/mol. The predicted molar refractivity (Wildman–Crippen MR) is 119 cm³/mol. The van der Waals surface area contributed by atoms with Crippen molar-refractivity contribution in [3.05, 3.63) is 64.6 Å². The minimum Gasteiger partial charge on any atom is -0.338 e. The maximum Gasteiger partial charge on any atom is 0.326 e. The third kappa shape index (κ3) is 4.30. The summed E-state index contributed by atoms with van der Waals surface area (Å²) in [6.07, 6.45) is 1.39. The molecular formula is C22H23N5O4S. The summed E-state index contributed by atoms with van der Waals surface area (Å²) in [7, 11) is -3.72. The van der Waals surface area contributed by atoms with E-state index < -0.39 is 10.0 Å². The fourth-order valence-electron chi connectivity index (χ4n) is 4.05. The Labute approximate surface area is 185 Å². The summed E-state index contributed by atoms with van der Waals surface area (Å²) in [5.41, 5.74) is 1.93. The van der Waals surface area contributed by atoms with Crippen molar-refractivity contribution in [1.29, 1.82) is 5.26 Å². The number of sulfonamides is 1. The van der Waals surface area contributed by atoms with E-state index in [1.807, 2.05) is 30.3 Å². The molecule has 0 saturated carbocycles. The van der Waals surface area contributed by atoms with E-state index in [1.165, 1.54) is 24.3 Å². The van der Waals surface area contributed by atoms with Crippen LogP contribution in [0.2, 0.25) is 0 Å². The Morgan fingerprint density at radius 3 is 2.50 bits per heavy atom. The molecule has 1 aliphatic heterocycles. The molecule has 166 valence electrons. The van der Waals surface area contributed by atoms with Crippen LogP contribution in [0.4, 0.5) is 0 Å². The van der Waals surface area contributed by atoms with Crippen molar-refractivity contribution in [3.8, 4) is 6.07 Å². The Kier molecular flexibility index (Phi) is 6.12. The summed E-state index contributed by atoms with van der Waals surface area (Å²) in [5, 5.41) is 8.54. The van der Waals surface area contributed by atoms with Crippen molar-refractivity contribution in [2.75, 3.05) is 19.6 Å². The fraction of sp³-hybridized carbons (Fsp3) is 0.318. The Bertz CT molecular complexity index is 1330. The van der Waals surface area contributed by atoms with Crippen LogP contribution in [0.15, 0.2) is 58.2 Å². The summed E-state index contributed by atoms with van der Waals surface area (Å²) in [5.74, 6) is -0.170. The lowest BCUT2D eigenvalue weighted by Crippen LogP contribution is -2.40. The van der Waals surface area contributed by atoms with E-state index in [9.17, 15) is 18.0 Å². The molecule has 1 amide bonds. The number of carbonyl (C=O) groups is 1. The zero-order chi connectivity index (χ0) is 22.7. The molecule has 1 aliphatic rings. The number of nitrogens with one attached hydrogen (secondary N) is 2. The zero-order valence-corrected chi connectivity index (χ0v) is 18.1. The van der Waals surface area contributed by atoms with Gasteiger partial charge in [-0.1, -0.05) is 12.1 Å². The number of aromatic amines is 1. The third-order valence-electron chi connectivity index (χ3n) is 5.68. The molecule has 2 N–H and O–H groups in total. The second-order valence-electron chi connectivity index (χ2n) is 7.67. The van der Waals surface area contributed by atoms with E-state index in [-0.39, 0.29) is 35.5 Å². The van der Waals surface area contributed by atoms with Crippen LogP contribution >= 0.6 is 0 Å². The highest BCUT2D eigenvalue weighted by Crippen LogP contribution is 2.26. The molecule has 1 aromatic heterocycles. The van der Waals surface area contributed by atoms with Crippen molar-refractivity contribution >= 4 is 27.0 Å². The molecule has 0 radical (unpaired) electrons. The largest absolute Gasteiger partial charge is 0.338 e. The highest BCUT2D eigenvalue weighted by atomic mass is 32.2. The number of amides is 1. The predicted octanol–water partition coefficient (Wildman–Crippen LogP) is 2.00. The van der Waals surface area contributed by atoms with Gasteiger partial charge in [0.25, 0.3) is 5.91 Å². The molecule has 0 atom stereocenters. The minimum absolute atomic E-state index is 0.00899. The van der Waals surface area contributed by atoms with Crippen molar-refractivity contribution in [2.45, 2.75) is 30.2 Å². The molecule has 2 aromatic carbocycles. The number of fused-ring (bicyclic) bond motifs is 1. The topological polar surface area (TPSA) is 128 Å². The quantitative estimate of drug-likeness (QED) is 0.552. The van der Waals surface area contributed by atoms with Gasteiger partial charge >= 0.3 is 5.69 Å². The van der Waals surface area contributed by atoms with E-state index in [0.717, 1.165) is 11.0 Å². The Balaban J connectivity index is 1.42. The first kappa shape index (κ1) is 21.8. The first-order valence-corrected chi connectivity index (χ1v) is 11.8. The van der Waals surface area contributed by atoms with E-state index in [4.69, 9.17) is 5.26 Å². The van der Waals surface area contributed by atoms with Gasteiger partial charge in [0.15, 0.2) is 0 Å². The van der Waals surface area contributed by atoms with Crippen LogP contribution in [0.3, 0.4) is 0 Å². The lowest BCUT2D eigenvalue weighted by Gasteiger charge is -2.32. The van der Waals surface area contributed by atoms with Crippen LogP contribution in [-0.2, 0) is 10.0 Å². The number of hydrogen-bond donors (Lipinski definition) is 2. The number of imidazole rings is 1. The van der Waals surface area contributed by atoms with Crippen molar-refractivity contribution < 1.29 is 13.2 Å². The zero-order valence-electron chi connectivity index (χ0n) is 17.3. The van der Waals surface area contributed by atoms with Crippen molar-refractivity contribution in [2.24, 2.45) is 0 Å². The van der Waals surface area contributed by atoms with Gasteiger partial charge in [-0.3, -0.25) is 9.36 Å². The number of carbonyl (C=O) groups excluding carboxylic acids is 1. The number of hydrogen-bond acceptors (Lipinski definition) is 5. The average molecular weight is 454 g/mol. The SMILES string of the molecule is N#CCCNS(=O)(=O)c1ccc(C(=O)N2CCC(n3c(=O)[nH]c4ccccc43)CC2)cc1. The van der Waals surface area contributed by atoms with Gasteiger partial charge in [0, 0.05) is 37.7 Å². The summed E-state index contributed by atoms with van der Waals surface area (Å²) in [6, 6.07) is 15.2. The molecule has 1 saturated heterocycles. The number of likely N-dealkylation sites (tertiary alicyclic amines) is 1. The van der Waals surface area contributed by atoms with Gasteiger partial charge < -0.3 is 9.88 Å². The van der Waals surface area contributed by atoms with Gasteiger partial charge in [-0.15, -0.1) is 0 Å². The van der Waals surface area contributed by atoms with Crippen LogP contribution in [0, 0.1) is 11.3 Å². The number of nitrogens with zero attached hydrogens (tertiary/aromatic N) is 3. The number of piperidine rings is 1. The van der Waals surface area contributed by atoms with E-state index in [0.29, 0.717) is 31.5 Å². The normalized spacial score (nSPS) is 15.0. The Morgan fingerprint density at radius 2 is 1.81 bits per heavy atom. The minimum atomic E-state index is -3.72. The average Bonchev–Trinajstić information content (AvgIpc) is 3.14. The fourth-order valence-corrected chi connectivity index (χ4v) is 5.08. The third-order valence-corrected chi connectivity index (χ3v) is 7.16. The Hall–Kier alpha value is -3.42. The molecule has 0 bridgehead atoms. The van der Waals surface area contributed by atoms with Crippen LogP contribution in [0.25, 0.3) is 11.0 Å². The van der Waals surface area contributed by atoms with Gasteiger partial charge in [-0.2, -0.15) is 5.26 Å². The second-order valence-corrected chi connectivity index (χ2v) is 9.44. The highest BCUT2D eigenvalue weighted by Gasteiger charge is 2.27. The van der Waals surface area contributed by atoms with Gasteiger partial charge in [0.1, 0.15) is 0 Å². The molecule has 2 heterocycles. The standard InChI is InChI=1S/C22H23N5O4S/c23-12-3-13-24-32(30,31)18-8-6-16(7-9-18)21(28)26-14-10-17(11-15-26)27-20-5-2-1-4-19(20)25-22(27)29/h1-2,4-9,17,24H,3,10-11,13-15H2,(H,25,29). The van der Waals surface area contributed by atoms with E-state index >= 15 is 0 Å². The molecule has 4 rings (SSSR count). The van der Waals surface area contributed by atoms with Gasteiger partial charge in [0.05, 0.1) is 22.0 Å². The van der Waals surface area contributed by atoms with Crippen molar-refractivity contribution in [3.63, 3.8) is 0 Å². The first-order chi connectivity index (χ1) is 15.4. The number of rotatable bonds is 6. The molecule has 10 heteroatoms. The maximum absolute atomic E-state index is 12.9. The molecule has 0 spiro atoms. The lowest BCUT2D eigenvalue weighted by atomic mass is 10.0. The molecular weight excluding hydrogens is 430 g/mol. The smallest absolute Gasteiger partial charge is 0.326 e. The van der Waals surface area contributed by atoms with E-state index in [2.05, 4.69) is 9.71 Å². The highest BCUT2D eigenvalue weighted by molar-refractivity contribution is 7.89. The van der Waals surface area contributed by atoms with Crippen LogP contribution in [0.5, 0.6) is 0 Å². The van der Waals surface area contributed by atoms with Gasteiger partial charge in [-0.25, -0.2) is 17.9 Å². The first-order valence-electron chi connectivity index (χ1n) is 10.4. The molecule has 9 nitrogen and oxygen atoms in total. The van der Waals surface area contributed by atoms with Crippen molar-refractivity contribution in [1.82, 2.24) is 19.2 Å². The summed E-state index contributed by atoms with van der Waals surface area (Å²) < 4.78 is 28.5. The lowest BCUT2D eigenvalue weighted by molar-refractivity contribution is 0.0695. The Morgan fingerprint density at radius 1 is 1.12 bits per heavy atom. The molecule has 0 unspecified atom stereocenters. The second kappa shape index (κ2) is 8.98. The summed E-state index contributed by atoms with van der Waals surface area (Å²) >= 11 is 0. The van der Waals surface area contributed by atoms with Gasteiger partial charge in [0.2, 0.25) is 10.0 Å². The number of para-hydroxylation sites is 2. The molecule has 1 fully saturated rings. The number of H-pyrrole nitrogens is 1. The molecule has 0 aliphatic carbocycles. The molecule has 3 aromatic rings. The van der Waals surface area contributed by atoms with Gasteiger partial charge in [-0.05, 0) is 49.2 Å². The van der Waals surface area contributed by atoms with Crippen LogP contribution in [0.1, 0.15) is 35.7 Å². The summed E-state index contributed by atoms with van der Waals surface area (Å²) in [4.78, 5) is 30.0. The van der Waals surface area contributed by atoms with Crippen LogP contribution in [-0.4, -0.2) is 48.4 Å².